The van der Waals surface area contributed by atoms with E-state index < -0.39 is 5.91 Å². The normalized spacial score (nSPS) is 10.9. The molecule has 0 atom stereocenters. The first-order valence-electron chi connectivity index (χ1n) is 9.33. The zero-order valence-electron chi connectivity index (χ0n) is 16.9. The SMILES string of the molecule is COc1cc(/C=C(/C#N)C(=O)Nc2ccc(Cl)cc2)c(Br)cc1OCc1ccccc1F. The first-order chi connectivity index (χ1) is 15.4. The lowest BCUT2D eigenvalue weighted by Crippen LogP contribution is -2.13. The molecule has 0 aliphatic rings. The molecule has 1 N–H and O–H groups in total. The van der Waals surface area contributed by atoms with Gasteiger partial charge in [-0.2, -0.15) is 5.26 Å². The van der Waals surface area contributed by atoms with Gasteiger partial charge in [-0.25, -0.2) is 4.39 Å². The quantitative estimate of drug-likeness (QED) is 0.293. The Balaban J connectivity index is 1.82. The van der Waals surface area contributed by atoms with Crippen molar-refractivity contribution in [2.45, 2.75) is 6.61 Å². The van der Waals surface area contributed by atoms with E-state index in [1.54, 1.807) is 54.6 Å². The highest BCUT2D eigenvalue weighted by atomic mass is 79.9. The van der Waals surface area contributed by atoms with Crippen LogP contribution in [0.15, 0.2) is 70.7 Å². The molecule has 0 saturated heterocycles. The molecule has 0 aromatic heterocycles. The van der Waals surface area contributed by atoms with Crippen molar-refractivity contribution in [3.8, 4) is 17.6 Å². The van der Waals surface area contributed by atoms with E-state index in [0.29, 0.717) is 37.8 Å². The first kappa shape index (κ1) is 23.3. The van der Waals surface area contributed by atoms with Crippen molar-refractivity contribution in [1.82, 2.24) is 0 Å². The van der Waals surface area contributed by atoms with Crippen LogP contribution in [0.1, 0.15) is 11.1 Å². The van der Waals surface area contributed by atoms with E-state index in [-0.39, 0.29) is 18.0 Å². The minimum absolute atomic E-state index is 0.0115. The fourth-order valence-electron chi connectivity index (χ4n) is 2.74. The lowest BCUT2D eigenvalue weighted by molar-refractivity contribution is -0.112. The number of carbonyl (C=O) groups is 1. The smallest absolute Gasteiger partial charge is 0.266 e. The fourth-order valence-corrected chi connectivity index (χ4v) is 3.30. The summed E-state index contributed by atoms with van der Waals surface area (Å²) in [6.07, 6.45) is 1.43. The first-order valence-corrected chi connectivity index (χ1v) is 10.5. The van der Waals surface area contributed by atoms with E-state index in [0.717, 1.165) is 0 Å². The third kappa shape index (κ3) is 5.88. The van der Waals surface area contributed by atoms with Crippen LogP contribution in [0.25, 0.3) is 6.08 Å². The van der Waals surface area contributed by atoms with Crippen LogP contribution in [-0.4, -0.2) is 13.0 Å². The van der Waals surface area contributed by atoms with E-state index >= 15 is 0 Å². The van der Waals surface area contributed by atoms with Crippen LogP contribution >= 0.6 is 27.5 Å². The van der Waals surface area contributed by atoms with Gasteiger partial charge >= 0.3 is 0 Å². The molecule has 0 bridgehead atoms. The van der Waals surface area contributed by atoms with Gasteiger partial charge in [-0.1, -0.05) is 45.7 Å². The molecule has 0 aliphatic heterocycles. The molecule has 5 nitrogen and oxygen atoms in total. The number of benzene rings is 3. The molecule has 0 saturated carbocycles. The van der Waals surface area contributed by atoms with Crippen LogP contribution < -0.4 is 14.8 Å². The number of nitrogens with zero attached hydrogens (tertiary/aromatic N) is 1. The molecule has 3 aromatic rings. The van der Waals surface area contributed by atoms with Gasteiger partial charge in [0.15, 0.2) is 11.5 Å². The summed E-state index contributed by atoms with van der Waals surface area (Å²) in [5.74, 6) is -0.189. The summed E-state index contributed by atoms with van der Waals surface area (Å²) < 4.78 is 25.5. The number of rotatable bonds is 7. The molecular weight excluding hydrogens is 499 g/mol. The molecule has 3 aromatic carbocycles. The number of nitriles is 1. The molecule has 8 heteroatoms. The van der Waals surface area contributed by atoms with Crippen molar-refractivity contribution in [3.63, 3.8) is 0 Å². The predicted octanol–water partition coefficient (Wildman–Crippen LogP) is 6.37. The Hall–Kier alpha value is -3.34. The molecule has 0 radical (unpaired) electrons. The Morgan fingerprint density at radius 1 is 1.19 bits per heavy atom. The van der Waals surface area contributed by atoms with Gasteiger partial charge in [0.05, 0.1) is 7.11 Å². The largest absolute Gasteiger partial charge is 0.493 e. The molecule has 3 rings (SSSR count). The second kappa shape index (κ2) is 10.8. The van der Waals surface area contributed by atoms with Crippen LogP contribution in [-0.2, 0) is 11.4 Å². The lowest BCUT2D eigenvalue weighted by Gasteiger charge is -2.13. The monoisotopic (exact) mass is 514 g/mol. The second-order valence-corrected chi connectivity index (χ2v) is 7.83. The van der Waals surface area contributed by atoms with Crippen molar-refractivity contribution in [2.24, 2.45) is 0 Å². The minimum Gasteiger partial charge on any atom is -0.493 e. The van der Waals surface area contributed by atoms with E-state index in [1.807, 2.05) is 6.07 Å². The van der Waals surface area contributed by atoms with Crippen molar-refractivity contribution in [3.05, 3.63) is 92.7 Å². The molecule has 0 heterocycles. The van der Waals surface area contributed by atoms with Crippen molar-refractivity contribution < 1.29 is 18.7 Å². The van der Waals surface area contributed by atoms with Crippen molar-refractivity contribution >= 4 is 45.2 Å². The van der Waals surface area contributed by atoms with Gasteiger partial charge in [-0.15, -0.1) is 0 Å². The number of carbonyl (C=O) groups excluding carboxylic acids is 1. The number of methoxy groups -OCH3 is 1. The Morgan fingerprint density at radius 2 is 1.91 bits per heavy atom. The molecule has 0 fully saturated rings. The maximum atomic E-state index is 13.8. The highest BCUT2D eigenvalue weighted by molar-refractivity contribution is 9.10. The summed E-state index contributed by atoms with van der Waals surface area (Å²) in [7, 11) is 1.46. The van der Waals surface area contributed by atoms with Crippen LogP contribution in [0.5, 0.6) is 11.5 Å². The maximum Gasteiger partial charge on any atom is 0.266 e. The molecule has 162 valence electrons. The number of nitrogens with one attached hydrogen (secondary N) is 1. The van der Waals surface area contributed by atoms with E-state index in [4.69, 9.17) is 21.1 Å². The maximum absolute atomic E-state index is 13.8. The predicted molar refractivity (Wildman–Crippen MR) is 125 cm³/mol. The van der Waals surface area contributed by atoms with Gasteiger partial charge < -0.3 is 14.8 Å². The number of hydrogen-bond donors (Lipinski definition) is 1. The van der Waals surface area contributed by atoms with Crippen LogP contribution in [0.4, 0.5) is 10.1 Å². The summed E-state index contributed by atoms with van der Waals surface area (Å²) in [6.45, 7) is 0.0115. The van der Waals surface area contributed by atoms with Crippen molar-refractivity contribution in [1.29, 1.82) is 5.26 Å². The molecule has 32 heavy (non-hydrogen) atoms. The van der Waals surface area contributed by atoms with Gasteiger partial charge in [0.1, 0.15) is 24.1 Å². The van der Waals surface area contributed by atoms with Gasteiger partial charge in [-0.05, 0) is 54.1 Å². The van der Waals surface area contributed by atoms with E-state index in [1.165, 1.54) is 19.3 Å². The number of hydrogen-bond acceptors (Lipinski definition) is 4. The van der Waals surface area contributed by atoms with Gasteiger partial charge in [0.25, 0.3) is 5.91 Å². The highest BCUT2D eigenvalue weighted by Crippen LogP contribution is 2.35. The number of ether oxygens (including phenoxy) is 2. The van der Waals surface area contributed by atoms with Crippen molar-refractivity contribution in [2.75, 3.05) is 12.4 Å². The number of halogens is 3. The third-order valence-corrected chi connectivity index (χ3v) is 5.33. The van der Waals surface area contributed by atoms with Crippen LogP contribution in [0, 0.1) is 17.1 Å². The van der Waals surface area contributed by atoms with Gasteiger partial charge in [0.2, 0.25) is 0 Å². The second-order valence-electron chi connectivity index (χ2n) is 6.54. The Labute approximate surface area is 198 Å². The summed E-state index contributed by atoms with van der Waals surface area (Å²) in [4.78, 5) is 12.5. The van der Waals surface area contributed by atoms with E-state index in [9.17, 15) is 14.4 Å². The summed E-state index contributed by atoms with van der Waals surface area (Å²) in [5.41, 5.74) is 1.33. The zero-order chi connectivity index (χ0) is 23.1. The molecule has 0 unspecified atom stereocenters. The lowest BCUT2D eigenvalue weighted by atomic mass is 10.1. The minimum atomic E-state index is -0.569. The Kier molecular flexibility index (Phi) is 7.87. The number of anilines is 1. The molecule has 1 amide bonds. The van der Waals surface area contributed by atoms with Crippen LogP contribution in [0.3, 0.4) is 0 Å². The zero-order valence-corrected chi connectivity index (χ0v) is 19.2. The standard InChI is InChI=1S/C24H17BrClFN2O3/c1-31-22-11-16(10-17(13-28)24(30)29-19-8-6-18(26)7-9-19)20(25)12-23(22)32-14-15-4-2-3-5-21(15)27/h2-12H,14H2,1H3,(H,29,30)/b17-10-. The average molecular weight is 516 g/mol. The molecule has 0 aliphatic carbocycles. The highest BCUT2D eigenvalue weighted by Gasteiger charge is 2.14. The number of amides is 1. The Morgan fingerprint density at radius 3 is 2.56 bits per heavy atom. The average Bonchev–Trinajstić information content (AvgIpc) is 2.79. The Bertz CT molecular complexity index is 1210. The molecular formula is C24H17BrClFN2O3. The summed E-state index contributed by atoms with van der Waals surface area (Å²) in [5, 5.41) is 12.7. The summed E-state index contributed by atoms with van der Waals surface area (Å²) >= 11 is 9.27. The van der Waals surface area contributed by atoms with Gasteiger partial charge in [0, 0.05) is 20.7 Å². The third-order valence-electron chi connectivity index (χ3n) is 4.39. The molecule has 0 spiro atoms. The summed E-state index contributed by atoms with van der Waals surface area (Å²) in [6, 6.07) is 18.0. The van der Waals surface area contributed by atoms with Gasteiger partial charge in [-0.3, -0.25) is 4.79 Å². The van der Waals surface area contributed by atoms with E-state index in [2.05, 4.69) is 21.2 Å². The van der Waals surface area contributed by atoms with Crippen LogP contribution in [0.2, 0.25) is 5.02 Å². The fraction of sp³-hybridized carbons (Fsp3) is 0.0833. The topological polar surface area (TPSA) is 71.3 Å².